The summed E-state index contributed by atoms with van der Waals surface area (Å²) >= 11 is 0. The van der Waals surface area contributed by atoms with Crippen molar-refractivity contribution in [3.05, 3.63) is 95.1 Å². The number of fused-ring (bicyclic) bond motifs is 1. The van der Waals surface area contributed by atoms with Gasteiger partial charge in [0.1, 0.15) is 18.1 Å². The fourth-order valence-electron chi connectivity index (χ4n) is 3.73. The molecule has 0 saturated heterocycles. The molecule has 1 heterocycles. The van der Waals surface area contributed by atoms with Crippen LogP contribution in [0, 0.1) is 6.92 Å². The lowest BCUT2D eigenvalue weighted by Crippen LogP contribution is -2.46. The van der Waals surface area contributed by atoms with Gasteiger partial charge in [-0.2, -0.15) is 0 Å². The quantitative estimate of drug-likeness (QED) is 0.390. The number of amides is 1. The highest BCUT2D eigenvalue weighted by atomic mass is 16.5. The van der Waals surface area contributed by atoms with E-state index in [9.17, 15) is 4.79 Å². The first-order chi connectivity index (χ1) is 14.6. The van der Waals surface area contributed by atoms with Crippen LogP contribution >= 0.6 is 0 Å². The molecule has 0 spiro atoms. The topological polar surface area (TPSA) is 80.0 Å². The number of para-hydroxylation sites is 1. The zero-order chi connectivity index (χ0) is 21.1. The van der Waals surface area contributed by atoms with Crippen molar-refractivity contribution in [3.8, 4) is 5.75 Å². The van der Waals surface area contributed by atoms with E-state index in [2.05, 4.69) is 42.7 Å². The third kappa shape index (κ3) is 3.77. The zero-order valence-electron chi connectivity index (χ0n) is 17.0. The summed E-state index contributed by atoms with van der Waals surface area (Å²) in [5.41, 5.74) is 7.34. The molecule has 1 amide bonds. The Morgan fingerprint density at radius 2 is 1.77 bits per heavy atom. The van der Waals surface area contributed by atoms with Crippen molar-refractivity contribution < 1.29 is 9.53 Å². The van der Waals surface area contributed by atoms with Crippen molar-refractivity contribution >= 4 is 17.4 Å². The summed E-state index contributed by atoms with van der Waals surface area (Å²) in [4.78, 5) is 19.3. The molecule has 0 aliphatic carbocycles. The van der Waals surface area contributed by atoms with Crippen LogP contribution in [-0.4, -0.2) is 30.3 Å². The highest BCUT2D eigenvalue weighted by molar-refractivity contribution is 6.03. The lowest BCUT2D eigenvalue weighted by molar-refractivity contribution is -0.121. The van der Waals surface area contributed by atoms with Crippen molar-refractivity contribution in [1.29, 1.82) is 0 Å². The number of nitrogens with one attached hydrogen (secondary N) is 1. The van der Waals surface area contributed by atoms with E-state index >= 15 is 0 Å². The summed E-state index contributed by atoms with van der Waals surface area (Å²) in [6, 6.07) is 23.9. The molecule has 30 heavy (non-hydrogen) atoms. The molecule has 3 N–H and O–H groups in total. The Kier molecular flexibility index (Phi) is 5.50. The van der Waals surface area contributed by atoms with Crippen molar-refractivity contribution in [3.63, 3.8) is 0 Å². The predicted molar refractivity (Wildman–Crippen MR) is 118 cm³/mol. The second kappa shape index (κ2) is 8.39. The van der Waals surface area contributed by atoms with Crippen LogP contribution in [0.5, 0.6) is 5.75 Å². The van der Waals surface area contributed by atoms with Gasteiger partial charge in [-0.25, -0.2) is 10.8 Å². The van der Waals surface area contributed by atoms with E-state index in [4.69, 9.17) is 15.6 Å². The van der Waals surface area contributed by atoms with Gasteiger partial charge in [0.05, 0.1) is 18.8 Å². The fraction of sp³-hybridized carbons (Fsp3) is 0.167. The van der Waals surface area contributed by atoms with Crippen molar-refractivity contribution in [1.82, 2.24) is 10.3 Å². The maximum atomic E-state index is 12.3. The van der Waals surface area contributed by atoms with Crippen LogP contribution in [-0.2, 0) is 4.79 Å². The summed E-state index contributed by atoms with van der Waals surface area (Å²) in [5, 5.41) is 0. The molecular formula is C24H24N4O2. The Hall–Kier alpha value is -3.64. The molecule has 0 saturated carbocycles. The summed E-state index contributed by atoms with van der Waals surface area (Å²) in [7, 11) is 1.63. The van der Waals surface area contributed by atoms with E-state index in [1.807, 2.05) is 47.4 Å². The molecule has 0 aromatic heterocycles. The number of carbonyl (C=O) groups excluding carboxylic acids is 1. The number of amidine groups is 1. The van der Waals surface area contributed by atoms with Crippen LogP contribution in [0.4, 0.5) is 5.69 Å². The molecule has 6 nitrogen and oxygen atoms in total. The van der Waals surface area contributed by atoms with Crippen molar-refractivity contribution in [2.24, 2.45) is 10.8 Å². The second-order valence-electron chi connectivity index (χ2n) is 7.23. The number of aryl methyl sites for hydroxylation is 1. The maximum Gasteiger partial charge on any atom is 0.253 e. The van der Waals surface area contributed by atoms with E-state index in [-0.39, 0.29) is 18.5 Å². The van der Waals surface area contributed by atoms with Crippen LogP contribution in [0.25, 0.3) is 0 Å². The molecule has 3 aromatic rings. The number of hydrazine groups is 1. The maximum absolute atomic E-state index is 12.3. The van der Waals surface area contributed by atoms with Gasteiger partial charge in [-0.3, -0.25) is 10.2 Å². The van der Waals surface area contributed by atoms with Crippen molar-refractivity contribution in [2.45, 2.75) is 13.0 Å². The molecule has 0 unspecified atom stereocenters. The molecule has 3 aromatic carbocycles. The normalized spacial score (nSPS) is 15.2. The standard InChI is InChI=1S/C24H24N4O2/c1-16-7-9-17(10-8-16)23-20-5-3-4-6-21(20)26-24(28(23)15-22(29)27-25)18-11-13-19(30-2)14-12-18/h3-14,23H,15,25H2,1-2H3,(H,27,29)/t23-/m0/s1. The number of methoxy groups -OCH3 is 1. The van der Waals surface area contributed by atoms with Gasteiger partial charge in [0.15, 0.2) is 0 Å². The zero-order valence-corrected chi connectivity index (χ0v) is 17.0. The van der Waals surface area contributed by atoms with Gasteiger partial charge < -0.3 is 9.64 Å². The van der Waals surface area contributed by atoms with Crippen LogP contribution in [0.1, 0.15) is 28.3 Å². The third-order valence-corrected chi connectivity index (χ3v) is 5.26. The van der Waals surface area contributed by atoms with Gasteiger partial charge in [0, 0.05) is 11.1 Å². The molecule has 1 aliphatic heterocycles. The van der Waals surface area contributed by atoms with E-state index in [1.165, 1.54) is 5.56 Å². The fourth-order valence-corrected chi connectivity index (χ4v) is 3.73. The Morgan fingerprint density at radius 3 is 2.43 bits per heavy atom. The number of hydrogen-bond acceptors (Lipinski definition) is 5. The van der Waals surface area contributed by atoms with E-state index in [1.54, 1.807) is 7.11 Å². The largest absolute Gasteiger partial charge is 0.497 e. The van der Waals surface area contributed by atoms with E-state index < -0.39 is 0 Å². The first kappa shape index (κ1) is 19.7. The number of nitrogens with zero attached hydrogens (tertiary/aromatic N) is 2. The number of rotatable bonds is 5. The first-order valence-electron chi connectivity index (χ1n) is 9.75. The average Bonchev–Trinajstić information content (AvgIpc) is 2.79. The average molecular weight is 400 g/mol. The minimum absolute atomic E-state index is 0.0776. The molecule has 0 fully saturated rings. The monoisotopic (exact) mass is 400 g/mol. The predicted octanol–water partition coefficient (Wildman–Crippen LogP) is 3.48. The smallest absolute Gasteiger partial charge is 0.253 e. The van der Waals surface area contributed by atoms with Crippen molar-refractivity contribution in [2.75, 3.05) is 13.7 Å². The highest BCUT2D eigenvalue weighted by Gasteiger charge is 2.33. The molecule has 1 atom stereocenters. The molecule has 6 heteroatoms. The molecule has 1 aliphatic rings. The third-order valence-electron chi connectivity index (χ3n) is 5.26. The first-order valence-corrected chi connectivity index (χ1v) is 9.75. The number of carbonyl (C=O) groups is 1. The van der Waals surface area contributed by atoms with Gasteiger partial charge in [-0.1, -0.05) is 48.0 Å². The molecular weight excluding hydrogens is 376 g/mol. The summed E-state index contributed by atoms with van der Waals surface area (Å²) in [5.74, 6) is 6.62. The molecule has 152 valence electrons. The second-order valence-corrected chi connectivity index (χ2v) is 7.23. The highest BCUT2D eigenvalue weighted by Crippen LogP contribution is 2.40. The van der Waals surface area contributed by atoms with Crippen LogP contribution < -0.4 is 16.0 Å². The van der Waals surface area contributed by atoms with Gasteiger partial charge in [-0.15, -0.1) is 0 Å². The summed E-state index contributed by atoms with van der Waals surface area (Å²) in [6.07, 6.45) is 0. The minimum Gasteiger partial charge on any atom is -0.497 e. The van der Waals surface area contributed by atoms with Gasteiger partial charge >= 0.3 is 0 Å². The Labute approximate surface area is 176 Å². The number of benzene rings is 3. The molecule has 0 radical (unpaired) electrons. The Morgan fingerprint density at radius 1 is 1.07 bits per heavy atom. The van der Waals surface area contributed by atoms with Crippen LogP contribution in [0.15, 0.2) is 77.8 Å². The lowest BCUT2D eigenvalue weighted by atomic mass is 9.92. The summed E-state index contributed by atoms with van der Waals surface area (Å²) < 4.78 is 5.29. The van der Waals surface area contributed by atoms with Crippen LogP contribution in [0.3, 0.4) is 0 Å². The number of ether oxygens (including phenoxy) is 1. The number of hydrogen-bond donors (Lipinski definition) is 2. The summed E-state index contributed by atoms with van der Waals surface area (Å²) in [6.45, 7) is 2.14. The SMILES string of the molecule is COc1ccc(C2=Nc3ccccc3[C@H](c3ccc(C)cc3)N2CC(=O)NN)cc1. The number of aliphatic imine (C=N–C) groups is 1. The Balaban J connectivity index is 1.89. The van der Waals surface area contributed by atoms with Gasteiger partial charge in [0.2, 0.25) is 0 Å². The van der Waals surface area contributed by atoms with Gasteiger partial charge in [0.25, 0.3) is 5.91 Å². The number of nitrogens with two attached hydrogens (primary N) is 1. The van der Waals surface area contributed by atoms with E-state index in [0.29, 0.717) is 5.84 Å². The van der Waals surface area contributed by atoms with Crippen LogP contribution in [0.2, 0.25) is 0 Å². The Bertz CT molecular complexity index is 1080. The molecule has 4 rings (SSSR count). The van der Waals surface area contributed by atoms with Gasteiger partial charge in [-0.05, 0) is 42.8 Å². The van der Waals surface area contributed by atoms with E-state index in [0.717, 1.165) is 28.1 Å². The molecule has 0 bridgehead atoms. The lowest BCUT2D eigenvalue weighted by Gasteiger charge is -2.38. The minimum atomic E-state index is -0.285.